The summed E-state index contributed by atoms with van der Waals surface area (Å²) < 4.78 is 134. The van der Waals surface area contributed by atoms with E-state index in [0.29, 0.717) is 25.9 Å². The van der Waals surface area contributed by atoms with E-state index in [0.717, 1.165) is 61.0 Å². The molecular weight excluding hydrogens is 1060 g/mol. The third kappa shape index (κ3) is 35.5. The number of carbonyl (C=O) groups excluding carboxylic acids is 2. The molecule has 0 aliphatic carbocycles. The van der Waals surface area contributed by atoms with Crippen LogP contribution < -0.4 is 22.1 Å². The maximum absolute atomic E-state index is 11.8. The summed E-state index contributed by atoms with van der Waals surface area (Å²) in [5, 5.41) is 19.9. The first-order valence-electron chi connectivity index (χ1n) is 23.0. The monoisotopic (exact) mass is 1130 g/mol. The highest BCUT2D eigenvalue weighted by Gasteiger charge is 2.16. The second-order valence-corrected chi connectivity index (χ2v) is 21.8. The molecule has 23 nitrogen and oxygen atoms in total. The largest absolute Gasteiger partial charge is 0.462 e. The van der Waals surface area contributed by atoms with Gasteiger partial charge in [0.1, 0.15) is 25.3 Å². The van der Waals surface area contributed by atoms with E-state index in [1.54, 1.807) is 48.5 Å². The molecular formula is C48H72N6O17S4. The van der Waals surface area contributed by atoms with E-state index in [1.807, 2.05) is 27.7 Å². The van der Waals surface area contributed by atoms with E-state index in [-0.39, 0.29) is 46.0 Å². The molecule has 0 radical (unpaired) electrons. The van der Waals surface area contributed by atoms with Gasteiger partial charge in [-0.2, -0.15) is 33.7 Å². The van der Waals surface area contributed by atoms with Crippen LogP contribution in [0.3, 0.4) is 0 Å². The minimum Gasteiger partial charge on any atom is -0.462 e. The van der Waals surface area contributed by atoms with Crippen LogP contribution in [-0.2, 0) is 64.3 Å². The van der Waals surface area contributed by atoms with Gasteiger partial charge >= 0.3 is 11.9 Å². The molecule has 4 aromatic carbocycles. The first kappa shape index (κ1) is 69.6. The Bertz CT molecular complexity index is 2400. The van der Waals surface area contributed by atoms with Crippen LogP contribution in [0.1, 0.15) is 60.8 Å². The molecule has 2 unspecified atom stereocenters. The summed E-state index contributed by atoms with van der Waals surface area (Å²) in [4.78, 5) is 23.3. The Kier molecular flexibility index (Phi) is 34.7. The summed E-state index contributed by atoms with van der Waals surface area (Å²) in [6, 6.07) is 22.6. The molecule has 0 spiro atoms. The molecule has 4 aromatic rings. The number of rotatable bonds is 26. The second-order valence-electron chi connectivity index (χ2n) is 16.1. The maximum Gasteiger partial charge on any atom is 0.322 e. The Morgan fingerprint density at radius 2 is 0.707 bits per heavy atom. The number of benzene rings is 4. The number of unbranched alkanes of at least 4 members (excludes halogenated alkanes) is 2. The number of ether oxygens (including phenoxy) is 3. The summed E-state index contributed by atoms with van der Waals surface area (Å²) in [5.74, 6) is -0.914. The van der Waals surface area contributed by atoms with Gasteiger partial charge in [-0.25, -0.2) is 0 Å². The van der Waals surface area contributed by atoms with Gasteiger partial charge in [-0.1, -0.05) is 83.6 Å². The van der Waals surface area contributed by atoms with Crippen molar-refractivity contribution in [1.29, 1.82) is 10.8 Å². The lowest BCUT2D eigenvalue weighted by molar-refractivity contribution is -0.148. The van der Waals surface area contributed by atoms with Gasteiger partial charge in [0.25, 0.3) is 40.5 Å². The number of nitrogens with one attached hydrogen (secondary N) is 4. The third-order valence-electron chi connectivity index (χ3n) is 9.56. The smallest absolute Gasteiger partial charge is 0.322 e. The summed E-state index contributed by atoms with van der Waals surface area (Å²) in [5.41, 5.74) is 15.4. The molecule has 27 heteroatoms. The predicted octanol–water partition coefficient (Wildman–Crippen LogP) is 4.53. The zero-order chi connectivity index (χ0) is 57.1. The van der Waals surface area contributed by atoms with Crippen LogP contribution in [0.25, 0.3) is 0 Å². The quantitative estimate of drug-likeness (QED) is 0.0179. The van der Waals surface area contributed by atoms with Crippen molar-refractivity contribution in [3.8, 4) is 0 Å². The molecule has 0 aliphatic rings. The lowest BCUT2D eigenvalue weighted by Gasteiger charge is -2.13. The summed E-state index contributed by atoms with van der Waals surface area (Å²) in [6.07, 6.45) is 7.04. The van der Waals surface area contributed by atoms with Gasteiger partial charge in [0.05, 0.1) is 32.8 Å². The SMILES string of the molecule is Cc1ccc(S(=O)(=O)O)cc1.Cc1ccc(S(=O)(=O)O)cc1.Cc1ccc(S(=O)(=O)O)cc1.Cc1ccc(S(=O)(=O)O)cc1.N=CCNCCCCC(N)C(=O)OCCOCCOC(=O)C(N)CCCCNCC=N. The van der Waals surface area contributed by atoms with Gasteiger partial charge in [0.2, 0.25) is 0 Å². The second kappa shape index (κ2) is 37.4. The molecule has 12 N–H and O–H groups in total. The van der Waals surface area contributed by atoms with E-state index >= 15 is 0 Å². The highest BCUT2D eigenvalue weighted by molar-refractivity contribution is 7.86. The average molecular weight is 1130 g/mol. The van der Waals surface area contributed by atoms with E-state index in [4.69, 9.17) is 54.7 Å². The number of aryl methyl sites for hydroxylation is 4. The zero-order valence-electron chi connectivity index (χ0n) is 42.3. The van der Waals surface area contributed by atoms with Crippen molar-refractivity contribution >= 4 is 64.8 Å². The van der Waals surface area contributed by atoms with E-state index in [2.05, 4.69) is 10.6 Å². The minimum atomic E-state index is -4.02. The van der Waals surface area contributed by atoms with Gasteiger partial charge in [0, 0.05) is 25.5 Å². The molecule has 0 bridgehead atoms. The molecule has 0 aromatic heterocycles. The van der Waals surface area contributed by atoms with Gasteiger partial charge in [-0.3, -0.25) is 27.8 Å². The fourth-order valence-electron chi connectivity index (χ4n) is 5.37. The molecule has 0 saturated heterocycles. The van der Waals surface area contributed by atoms with Crippen LogP contribution in [0.15, 0.2) is 117 Å². The van der Waals surface area contributed by atoms with Crippen LogP contribution in [-0.4, -0.2) is 141 Å². The Morgan fingerprint density at radius 1 is 0.467 bits per heavy atom. The number of hydrogen-bond acceptors (Lipinski definition) is 19. The van der Waals surface area contributed by atoms with Crippen molar-refractivity contribution < 1.29 is 75.7 Å². The van der Waals surface area contributed by atoms with Gasteiger partial charge in [0.15, 0.2) is 0 Å². The van der Waals surface area contributed by atoms with Crippen molar-refractivity contribution in [2.24, 2.45) is 11.5 Å². The topological polar surface area (TPSA) is 403 Å². The Hall–Kier alpha value is -5.40. The summed E-state index contributed by atoms with van der Waals surface area (Å²) in [7, 11) is -16.1. The number of hydrogen-bond donors (Lipinski definition) is 10. The van der Waals surface area contributed by atoms with Crippen LogP contribution in [0.2, 0.25) is 0 Å². The molecule has 0 fully saturated rings. The molecule has 0 saturated carbocycles. The van der Waals surface area contributed by atoms with E-state index in [9.17, 15) is 43.3 Å². The van der Waals surface area contributed by atoms with Gasteiger partial charge in [-0.15, -0.1) is 0 Å². The average Bonchev–Trinajstić information content (AvgIpc) is 3.33. The number of carbonyl (C=O) groups is 2. The van der Waals surface area contributed by atoms with Gasteiger partial charge in [-0.05, 0) is 115 Å². The van der Waals surface area contributed by atoms with Crippen molar-refractivity contribution in [3.63, 3.8) is 0 Å². The summed E-state index contributed by atoms with van der Waals surface area (Å²) in [6.45, 7) is 10.6. The maximum atomic E-state index is 11.8. The van der Waals surface area contributed by atoms with Crippen molar-refractivity contribution in [3.05, 3.63) is 119 Å². The van der Waals surface area contributed by atoms with Crippen LogP contribution >= 0.6 is 0 Å². The van der Waals surface area contributed by atoms with E-state index < -0.39 is 64.5 Å². The third-order valence-corrected chi connectivity index (χ3v) is 13.0. The molecule has 2 atom stereocenters. The minimum absolute atomic E-state index is 0.0666. The van der Waals surface area contributed by atoms with E-state index in [1.165, 1.54) is 61.0 Å². The molecule has 0 aliphatic heterocycles. The standard InChI is InChI=1S/C20H40N6O5.4C7H8O3S/c21-7-11-25-9-3-1-5-17(23)19(27)30-15-13-29-14-16-31-20(28)18(24)6-2-4-10-26-12-8-22;4*1-6-2-4-7(5-3-6)11(8,9)10/h7-8,17-18,21-22,25-26H,1-6,9-16,23-24H2;4*2-5H,1H3,(H,8,9,10). The van der Waals surface area contributed by atoms with Crippen LogP contribution in [0.5, 0.6) is 0 Å². The number of esters is 2. The predicted molar refractivity (Wildman–Crippen MR) is 284 cm³/mol. The zero-order valence-corrected chi connectivity index (χ0v) is 45.6. The fourth-order valence-corrected chi connectivity index (χ4v) is 7.29. The van der Waals surface area contributed by atoms with Crippen LogP contribution in [0, 0.1) is 38.5 Å². The molecule has 4 rings (SSSR count). The Balaban J connectivity index is 0.00000101. The lowest BCUT2D eigenvalue weighted by Crippen LogP contribution is -2.33. The molecule has 0 amide bonds. The Labute approximate surface area is 441 Å². The molecule has 75 heavy (non-hydrogen) atoms. The van der Waals surface area contributed by atoms with Crippen molar-refractivity contribution in [2.75, 3.05) is 52.6 Å². The van der Waals surface area contributed by atoms with Crippen LogP contribution in [0.4, 0.5) is 0 Å². The lowest BCUT2D eigenvalue weighted by atomic mass is 10.1. The van der Waals surface area contributed by atoms with Crippen molar-refractivity contribution in [2.45, 2.75) is 97.9 Å². The first-order valence-corrected chi connectivity index (χ1v) is 28.8. The first-order chi connectivity index (χ1) is 35.0. The number of nitrogens with two attached hydrogens (primary N) is 2. The van der Waals surface area contributed by atoms with Crippen molar-refractivity contribution in [1.82, 2.24) is 10.6 Å². The fraction of sp³-hybridized carbons (Fsp3) is 0.417. The molecule has 420 valence electrons. The molecule has 0 heterocycles. The summed E-state index contributed by atoms with van der Waals surface area (Å²) >= 11 is 0. The normalized spacial score (nSPS) is 12.0. The van der Waals surface area contributed by atoms with Gasteiger partial charge < -0.3 is 47.1 Å². The highest BCUT2D eigenvalue weighted by atomic mass is 32.2. The highest BCUT2D eigenvalue weighted by Crippen LogP contribution is 2.12. The Morgan fingerprint density at radius 3 is 0.920 bits per heavy atom.